The molecule has 0 radical (unpaired) electrons. The second kappa shape index (κ2) is 9.76. The molecule has 6 nitrogen and oxygen atoms in total. The van der Waals surface area contributed by atoms with Gasteiger partial charge in [-0.05, 0) is 49.4 Å². The number of aliphatic hydroxyl groups is 1. The summed E-state index contributed by atoms with van der Waals surface area (Å²) in [6.07, 6.45) is 4.98. The molecule has 3 aromatic rings. The van der Waals surface area contributed by atoms with Crippen LogP contribution in [-0.2, 0) is 29.8 Å². The number of nitrogens with zero attached hydrogens (tertiary/aromatic N) is 3. The molecule has 1 spiro atoms. The predicted molar refractivity (Wildman–Crippen MR) is 141 cm³/mol. The zero-order valence-electron chi connectivity index (χ0n) is 21.6. The van der Waals surface area contributed by atoms with E-state index in [0.717, 1.165) is 63.0 Å². The molecule has 2 fully saturated rings. The van der Waals surface area contributed by atoms with E-state index < -0.39 is 0 Å². The quantitative estimate of drug-likeness (QED) is 0.538. The Morgan fingerprint density at radius 2 is 1.95 bits per heavy atom. The number of amides is 1. The number of benzene rings is 2. The van der Waals surface area contributed by atoms with Crippen LogP contribution in [0.5, 0.6) is 5.75 Å². The number of hydrogen-bond donors (Lipinski definition) is 1. The lowest BCUT2D eigenvalue weighted by atomic mass is 9.69. The first-order chi connectivity index (χ1) is 18.0. The zero-order valence-corrected chi connectivity index (χ0v) is 21.6. The van der Waals surface area contributed by atoms with Gasteiger partial charge in [0.15, 0.2) is 0 Å². The van der Waals surface area contributed by atoms with E-state index in [1.54, 1.807) is 13.2 Å². The van der Waals surface area contributed by atoms with E-state index >= 15 is 0 Å². The largest absolute Gasteiger partial charge is 0.497 e. The van der Waals surface area contributed by atoms with Crippen LogP contribution < -0.4 is 4.74 Å². The Balaban J connectivity index is 1.41. The van der Waals surface area contributed by atoms with Crippen LogP contribution in [0.25, 0.3) is 10.9 Å². The van der Waals surface area contributed by atoms with Gasteiger partial charge in [0.2, 0.25) is 5.91 Å². The first-order valence-corrected chi connectivity index (χ1v) is 13.6. The number of ether oxygens (including phenoxy) is 1. The minimum absolute atomic E-state index is 0.0391. The molecule has 6 rings (SSSR count). The van der Waals surface area contributed by atoms with Crippen LogP contribution in [-0.4, -0.2) is 58.7 Å². The van der Waals surface area contributed by atoms with Gasteiger partial charge >= 0.3 is 0 Å². The first kappa shape index (κ1) is 24.4. The monoisotopic (exact) mass is 505 g/mol. The Hall–Kier alpha value is -2.90. The van der Waals surface area contributed by atoms with Crippen LogP contribution in [0, 0.1) is 11.7 Å². The summed E-state index contributed by atoms with van der Waals surface area (Å²) >= 11 is 0. The van der Waals surface area contributed by atoms with Crippen molar-refractivity contribution in [1.29, 1.82) is 0 Å². The van der Waals surface area contributed by atoms with Gasteiger partial charge in [-0.2, -0.15) is 0 Å². The van der Waals surface area contributed by atoms with Crippen molar-refractivity contribution >= 4 is 16.8 Å². The second-order valence-corrected chi connectivity index (χ2v) is 11.1. The molecule has 1 aromatic heterocycles. The molecule has 7 heteroatoms. The van der Waals surface area contributed by atoms with Crippen LogP contribution in [0.2, 0.25) is 0 Å². The van der Waals surface area contributed by atoms with Crippen molar-refractivity contribution in [2.24, 2.45) is 5.92 Å². The maximum Gasteiger partial charge on any atom is 0.225 e. The van der Waals surface area contributed by atoms with E-state index in [1.165, 1.54) is 22.7 Å². The minimum Gasteiger partial charge on any atom is -0.497 e. The topological polar surface area (TPSA) is 57.9 Å². The molecule has 0 atom stereocenters. The lowest BCUT2D eigenvalue weighted by Gasteiger charge is -2.49. The van der Waals surface area contributed by atoms with Crippen molar-refractivity contribution in [2.75, 3.05) is 33.4 Å². The molecule has 37 heavy (non-hydrogen) atoms. The molecular formula is C30H36FN3O3. The molecule has 3 heterocycles. The molecule has 1 amide bonds. The van der Waals surface area contributed by atoms with E-state index in [1.807, 2.05) is 18.2 Å². The Morgan fingerprint density at radius 1 is 1.16 bits per heavy atom. The van der Waals surface area contributed by atoms with Crippen molar-refractivity contribution in [3.8, 4) is 5.75 Å². The standard InChI is InChI=1S/C30H36FN3O3/c1-37-23-9-10-24-26(17-23)34(15-16-35)27-19-32(18-22-5-2-3-8-25(22)31)20-30(28(24)27)11-13-33(14-12-30)29(36)21-6-4-7-21/h2-3,5,8-10,17,21,35H,4,6-7,11-16,18-20H2,1H3. The van der Waals surface area contributed by atoms with Crippen molar-refractivity contribution in [3.63, 3.8) is 0 Å². The number of rotatable bonds is 6. The summed E-state index contributed by atoms with van der Waals surface area (Å²) < 4.78 is 22.4. The zero-order chi connectivity index (χ0) is 25.6. The van der Waals surface area contributed by atoms with Crippen LogP contribution in [0.15, 0.2) is 42.5 Å². The highest BCUT2D eigenvalue weighted by Crippen LogP contribution is 2.47. The third-order valence-electron chi connectivity index (χ3n) is 8.97. The Morgan fingerprint density at radius 3 is 2.62 bits per heavy atom. The van der Waals surface area contributed by atoms with E-state index in [0.29, 0.717) is 31.1 Å². The lowest BCUT2D eigenvalue weighted by Crippen LogP contribution is -2.54. The Bertz CT molecular complexity index is 1310. The van der Waals surface area contributed by atoms with Gasteiger partial charge in [0.1, 0.15) is 11.6 Å². The number of hydrogen-bond acceptors (Lipinski definition) is 4. The SMILES string of the molecule is COc1ccc2c3c(n(CCO)c2c1)CN(Cc1ccccc1F)CC31CCN(C(=O)C2CCC2)CC1. The summed E-state index contributed by atoms with van der Waals surface area (Å²) in [6.45, 7) is 4.09. The van der Waals surface area contributed by atoms with Crippen LogP contribution >= 0.6 is 0 Å². The van der Waals surface area contributed by atoms with Gasteiger partial charge in [0.05, 0.1) is 19.2 Å². The molecule has 1 saturated carbocycles. The van der Waals surface area contributed by atoms with Gasteiger partial charge in [0.25, 0.3) is 0 Å². The number of carbonyl (C=O) groups is 1. The number of aliphatic hydroxyl groups excluding tert-OH is 1. The smallest absolute Gasteiger partial charge is 0.225 e. The molecule has 2 aromatic carbocycles. The first-order valence-electron chi connectivity index (χ1n) is 13.6. The highest BCUT2D eigenvalue weighted by molar-refractivity contribution is 5.88. The molecule has 3 aliphatic rings. The molecule has 0 bridgehead atoms. The minimum atomic E-state index is -0.177. The molecule has 2 aliphatic heterocycles. The average molecular weight is 506 g/mol. The molecule has 1 saturated heterocycles. The Kier molecular flexibility index (Phi) is 6.45. The summed E-state index contributed by atoms with van der Waals surface area (Å²) in [4.78, 5) is 17.5. The van der Waals surface area contributed by atoms with Crippen LogP contribution in [0.3, 0.4) is 0 Å². The maximum atomic E-state index is 14.7. The van der Waals surface area contributed by atoms with Gasteiger partial charge in [-0.25, -0.2) is 4.39 Å². The van der Waals surface area contributed by atoms with Gasteiger partial charge in [-0.3, -0.25) is 9.69 Å². The number of likely N-dealkylation sites (tertiary alicyclic amines) is 1. The van der Waals surface area contributed by atoms with Gasteiger partial charge in [-0.15, -0.1) is 0 Å². The number of carbonyl (C=O) groups excluding carboxylic acids is 1. The van der Waals surface area contributed by atoms with Crippen molar-refractivity contribution in [2.45, 2.75) is 57.2 Å². The fourth-order valence-corrected chi connectivity index (χ4v) is 6.85. The Labute approximate surface area is 217 Å². The fraction of sp³-hybridized carbons (Fsp3) is 0.500. The molecule has 1 aliphatic carbocycles. The summed E-state index contributed by atoms with van der Waals surface area (Å²) in [5.74, 6) is 1.16. The summed E-state index contributed by atoms with van der Waals surface area (Å²) in [5.41, 5.74) is 4.17. The van der Waals surface area contributed by atoms with Crippen molar-refractivity contribution in [3.05, 3.63) is 65.1 Å². The van der Waals surface area contributed by atoms with Gasteiger partial charge < -0.3 is 19.3 Å². The number of halogens is 1. The van der Waals surface area contributed by atoms with Crippen molar-refractivity contribution < 1.29 is 19.0 Å². The molecular weight excluding hydrogens is 469 g/mol. The average Bonchev–Trinajstić information content (AvgIpc) is 3.18. The summed E-state index contributed by atoms with van der Waals surface area (Å²) in [7, 11) is 1.67. The number of piperidine rings is 1. The maximum absolute atomic E-state index is 14.7. The highest BCUT2D eigenvalue weighted by atomic mass is 19.1. The van der Waals surface area contributed by atoms with Gasteiger partial charge in [-0.1, -0.05) is 24.6 Å². The predicted octanol–water partition coefficient (Wildman–Crippen LogP) is 4.46. The van der Waals surface area contributed by atoms with E-state index in [4.69, 9.17) is 4.74 Å². The second-order valence-electron chi connectivity index (χ2n) is 11.1. The van der Waals surface area contributed by atoms with Gasteiger partial charge in [0, 0.05) is 73.3 Å². The molecule has 0 unspecified atom stereocenters. The highest BCUT2D eigenvalue weighted by Gasteiger charge is 2.46. The third kappa shape index (κ3) is 4.22. The van der Waals surface area contributed by atoms with E-state index in [9.17, 15) is 14.3 Å². The van der Waals surface area contributed by atoms with Crippen molar-refractivity contribution in [1.82, 2.24) is 14.4 Å². The number of fused-ring (bicyclic) bond motifs is 4. The van der Waals surface area contributed by atoms with Crippen LogP contribution in [0.1, 0.15) is 48.9 Å². The number of methoxy groups -OCH3 is 1. The fourth-order valence-electron chi connectivity index (χ4n) is 6.85. The number of aromatic nitrogens is 1. The van der Waals surface area contributed by atoms with E-state index in [2.05, 4.69) is 26.5 Å². The van der Waals surface area contributed by atoms with E-state index in [-0.39, 0.29) is 23.8 Å². The molecule has 196 valence electrons. The summed E-state index contributed by atoms with van der Waals surface area (Å²) in [5, 5.41) is 11.2. The normalized spacial score (nSPS) is 19.7. The lowest BCUT2D eigenvalue weighted by molar-refractivity contribution is -0.140. The molecule has 1 N–H and O–H groups in total. The summed E-state index contributed by atoms with van der Waals surface area (Å²) in [6, 6.07) is 13.2. The van der Waals surface area contributed by atoms with Crippen LogP contribution in [0.4, 0.5) is 4.39 Å². The third-order valence-corrected chi connectivity index (χ3v) is 8.97.